The summed E-state index contributed by atoms with van der Waals surface area (Å²) in [6, 6.07) is 1.37. The van der Waals surface area contributed by atoms with E-state index in [0.717, 1.165) is 13.1 Å². The van der Waals surface area contributed by atoms with E-state index in [2.05, 4.69) is 42.6 Å². The Kier molecular flexibility index (Phi) is 4.88. The minimum Gasteiger partial charge on any atom is -0.329 e. The third kappa shape index (κ3) is 2.97. The Bertz CT molecular complexity index is 276. The van der Waals surface area contributed by atoms with Crippen LogP contribution in [0.25, 0.3) is 0 Å². The highest BCUT2D eigenvalue weighted by Crippen LogP contribution is 2.33. The number of rotatable bonds is 4. The Morgan fingerprint density at radius 3 is 2.37 bits per heavy atom. The average Bonchev–Trinajstić information content (AvgIpc) is 2.74. The van der Waals surface area contributed by atoms with E-state index >= 15 is 0 Å². The van der Waals surface area contributed by atoms with E-state index in [9.17, 15) is 0 Å². The molecule has 2 saturated heterocycles. The second kappa shape index (κ2) is 6.08. The van der Waals surface area contributed by atoms with Gasteiger partial charge in [0, 0.05) is 30.7 Å². The first-order chi connectivity index (χ1) is 9.02. The lowest BCUT2D eigenvalue weighted by molar-refractivity contribution is 0.0454. The van der Waals surface area contributed by atoms with Gasteiger partial charge in [0.15, 0.2) is 0 Å². The summed E-state index contributed by atoms with van der Waals surface area (Å²) >= 11 is 0. The number of hydrogen-bond donors (Lipinski definition) is 1. The van der Waals surface area contributed by atoms with Crippen LogP contribution in [0.4, 0.5) is 0 Å². The molecule has 0 radical (unpaired) electrons. The van der Waals surface area contributed by atoms with E-state index in [0.29, 0.717) is 12.1 Å². The van der Waals surface area contributed by atoms with Crippen molar-refractivity contribution in [1.29, 1.82) is 0 Å². The van der Waals surface area contributed by atoms with E-state index in [1.807, 2.05) is 0 Å². The molecule has 0 aliphatic carbocycles. The van der Waals surface area contributed by atoms with Crippen molar-refractivity contribution in [3.05, 3.63) is 0 Å². The molecule has 4 heteroatoms. The van der Waals surface area contributed by atoms with Crippen molar-refractivity contribution in [1.82, 2.24) is 14.7 Å². The van der Waals surface area contributed by atoms with Crippen LogP contribution in [0.5, 0.6) is 0 Å². The smallest absolute Gasteiger partial charge is 0.0473 e. The average molecular weight is 268 g/mol. The van der Waals surface area contributed by atoms with Crippen molar-refractivity contribution in [2.24, 2.45) is 5.73 Å². The lowest BCUT2D eigenvalue weighted by atomic mass is 9.90. The highest BCUT2D eigenvalue weighted by atomic mass is 15.3. The summed E-state index contributed by atoms with van der Waals surface area (Å²) in [4.78, 5) is 7.65. The maximum atomic E-state index is 6.18. The molecule has 0 spiro atoms. The maximum Gasteiger partial charge on any atom is 0.0473 e. The van der Waals surface area contributed by atoms with Gasteiger partial charge in [-0.05, 0) is 59.9 Å². The Balaban J connectivity index is 2.00. The van der Waals surface area contributed by atoms with Gasteiger partial charge in [-0.15, -0.1) is 0 Å². The molecule has 0 saturated carbocycles. The number of piperidine rings is 1. The summed E-state index contributed by atoms with van der Waals surface area (Å²) in [6.07, 6.45) is 3.80. The van der Waals surface area contributed by atoms with E-state index in [1.54, 1.807) is 0 Å². The zero-order valence-corrected chi connectivity index (χ0v) is 13.2. The van der Waals surface area contributed by atoms with E-state index in [4.69, 9.17) is 5.73 Å². The van der Waals surface area contributed by atoms with Gasteiger partial charge in [0.05, 0.1) is 0 Å². The van der Waals surface area contributed by atoms with E-state index < -0.39 is 0 Å². The van der Waals surface area contributed by atoms with Gasteiger partial charge in [-0.2, -0.15) is 0 Å². The molecular formula is C15H32N4. The third-order valence-corrected chi connectivity index (χ3v) is 5.65. The van der Waals surface area contributed by atoms with Crippen LogP contribution in [0.1, 0.15) is 33.1 Å². The molecule has 2 heterocycles. The lowest BCUT2D eigenvalue weighted by Gasteiger charge is -2.46. The zero-order chi connectivity index (χ0) is 14.0. The molecule has 0 aromatic rings. The van der Waals surface area contributed by atoms with Crippen LogP contribution in [0.2, 0.25) is 0 Å². The Hall–Kier alpha value is -0.160. The van der Waals surface area contributed by atoms with Crippen LogP contribution in [-0.4, -0.2) is 79.1 Å². The van der Waals surface area contributed by atoms with Crippen molar-refractivity contribution < 1.29 is 0 Å². The van der Waals surface area contributed by atoms with Crippen molar-refractivity contribution in [3.63, 3.8) is 0 Å². The van der Waals surface area contributed by atoms with Crippen molar-refractivity contribution in [2.45, 2.75) is 50.7 Å². The number of likely N-dealkylation sites (tertiary alicyclic amines) is 2. The molecule has 2 unspecified atom stereocenters. The normalized spacial score (nSPS) is 35.4. The van der Waals surface area contributed by atoms with Crippen LogP contribution < -0.4 is 5.73 Å². The van der Waals surface area contributed by atoms with Crippen LogP contribution in [0.3, 0.4) is 0 Å². The molecule has 0 amide bonds. The fourth-order valence-corrected chi connectivity index (χ4v) is 3.95. The monoisotopic (exact) mass is 268 g/mol. The van der Waals surface area contributed by atoms with Gasteiger partial charge in [0.25, 0.3) is 0 Å². The molecule has 0 aromatic carbocycles. The first-order valence-electron chi connectivity index (χ1n) is 7.88. The van der Waals surface area contributed by atoms with Crippen LogP contribution in [-0.2, 0) is 0 Å². The van der Waals surface area contributed by atoms with Gasteiger partial charge >= 0.3 is 0 Å². The first kappa shape index (κ1) is 15.2. The summed E-state index contributed by atoms with van der Waals surface area (Å²) in [5.41, 5.74) is 6.38. The Morgan fingerprint density at radius 2 is 1.95 bits per heavy atom. The third-order valence-electron chi connectivity index (χ3n) is 5.65. The molecule has 0 aromatic heterocycles. The lowest BCUT2D eigenvalue weighted by Crippen LogP contribution is -2.59. The standard InChI is InChI=1S/C15H32N4/c1-5-19-8-6-14(7-9-19)18(4)15(11-16)10-13(2)17(3)12-15/h13-14H,5-12,16H2,1-4H3. The predicted octanol–water partition coefficient (Wildman–Crippen LogP) is 0.824. The summed E-state index contributed by atoms with van der Waals surface area (Å²) in [7, 11) is 4.54. The highest BCUT2D eigenvalue weighted by molar-refractivity contribution is 5.03. The largest absolute Gasteiger partial charge is 0.329 e. The van der Waals surface area contributed by atoms with Crippen molar-refractivity contribution >= 4 is 0 Å². The molecule has 2 aliphatic heterocycles. The topological polar surface area (TPSA) is 35.7 Å². The maximum absolute atomic E-state index is 6.18. The molecule has 4 nitrogen and oxygen atoms in total. The molecule has 112 valence electrons. The number of likely N-dealkylation sites (N-methyl/N-ethyl adjacent to an activating group) is 2. The quantitative estimate of drug-likeness (QED) is 0.819. The summed E-state index contributed by atoms with van der Waals surface area (Å²) in [5, 5.41) is 0. The van der Waals surface area contributed by atoms with Crippen LogP contribution in [0.15, 0.2) is 0 Å². The Morgan fingerprint density at radius 1 is 1.32 bits per heavy atom. The molecule has 2 N–H and O–H groups in total. The number of nitrogens with two attached hydrogens (primary N) is 1. The predicted molar refractivity (Wildman–Crippen MR) is 81.4 cm³/mol. The van der Waals surface area contributed by atoms with Gasteiger partial charge in [-0.1, -0.05) is 6.92 Å². The molecule has 19 heavy (non-hydrogen) atoms. The van der Waals surface area contributed by atoms with Crippen molar-refractivity contribution in [2.75, 3.05) is 46.8 Å². The van der Waals surface area contributed by atoms with Crippen molar-refractivity contribution in [3.8, 4) is 0 Å². The zero-order valence-electron chi connectivity index (χ0n) is 13.2. The van der Waals surface area contributed by atoms with Gasteiger partial charge in [0.1, 0.15) is 0 Å². The molecule has 2 rings (SSSR count). The summed E-state index contributed by atoms with van der Waals surface area (Å²) in [6.45, 7) is 10.2. The number of hydrogen-bond acceptors (Lipinski definition) is 4. The highest BCUT2D eigenvalue weighted by Gasteiger charge is 2.45. The van der Waals surface area contributed by atoms with Gasteiger partial charge in [-0.3, -0.25) is 4.90 Å². The fourth-order valence-electron chi connectivity index (χ4n) is 3.95. The van der Waals surface area contributed by atoms with E-state index in [-0.39, 0.29) is 5.54 Å². The minimum absolute atomic E-state index is 0.202. The van der Waals surface area contributed by atoms with Gasteiger partial charge < -0.3 is 15.5 Å². The van der Waals surface area contributed by atoms with Crippen LogP contribution >= 0.6 is 0 Å². The molecule has 2 aliphatic rings. The molecular weight excluding hydrogens is 236 g/mol. The van der Waals surface area contributed by atoms with Gasteiger partial charge in [-0.25, -0.2) is 0 Å². The molecule has 2 fully saturated rings. The first-order valence-corrected chi connectivity index (χ1v) is 7.88. The second-order valence-corrected chi connectivity index (χ2v) is 6.67. The minimum atomic E-state index is 0.202. The Labute approximate surface area is 118 Å². The van der Waals surface area contributed by atoms with E-state index in [1.165, 1.54) is 38.9 Å². The number of nitrogens with zero attached hydrogens (tertiary/aromatic N) is 3. The SMILES string of the molecule is CCN1CCC(N(C)C2(CN)CC(C)N(C)C2)CC1. The molecule has 2 atom stereocenters. The summed E-state index contributed by atoms with van der Waals surface area (Å²) < 4.78 is 0. The fraction of sp³-hybridized carbons (Fsp3) is 1.00. The molecule has 0 bridgehead atoms. The second-order valence-electron chi connectivity index (χ2n) is 6.67. The van der Waals surface area contributed by atoms with Gasteiger partial charge in [0.2, 0.25) is 0 Å². The summed E-state index contributed by atoms with van der Waals surface area (Å²) in [5.74, 6) is 0. The van der Waals surface area contributed by atoms with Crippen LogP contribution in [0, 0.1) is 0 Å².